The van der Waals surface area contributed by atoms with Crippen LogP contribution in [0.5, 0.6) is 0 Å². The number of likely N-dealkylation sites (tertiary alicyclic amines) is 1. The van der Waals surface area contributed by atoms with Gasteiger partial charge in [0.05, 0.1) is 0 Å². The Morgan fingerprint density at radius 2 is 1.83 bits per heavy atom. The predicted molar refractivity (Wildman–Crippen MR) is 65.2 cm³/mol. The van der Waals surface area contributed by atoms with Crippen LogP contribution in [0.25, 0.3) is 0 Å². The molecule has 1 amide bonds. The average molecular weight is 255 g/mol. The van der Waals surface area contributed by atoms with Crippen molar-refractivity contribution in [2.24, 2.45) is 0 Å². The van der Waals surface area contributed by atoms with Crippen LogP contribution in [0.3, 0.4) is 0 Å². The summed E-state index contributed by atoms with van der Waals surface area (Å²) in [6, 6.07) is -0.662. The summed E-state index contributed by atoms with van der Waals surface area (Å²) in [6.45, 7) is 1.16. The zero-order valence-electron chi connectivity index (χ0n) is 10.6. The van der Waals surface area contributed by atoms with E-state index in [-0.39, 0.29) is 5.91 Å². The molecule has 18 heavy (non-hydrogen) atoms. The lowest BCUT2D eigenvalue weighted by Crippen LogP contribution is -2.50. The Morgan fingerprint density at radius 3 is 2.50 bits per heavy atom. The van der Waals surface area contributed by atoms with Crippen LogP contribution in [0, 0.1) is 0 Å². The molecule has 0 aromatic heterocycles. The number of carbonyl (C=O) groups excluding carboxylic acids is 1. The largest absolute Gasteiger partial charge is 0.480 e. The van der Waals surface area contributed by atoms with Crippen molar-refractivity contribution in [1.29, 1.82) is 0 Å². The van der Waals surface area contributed by atoms with Gasteiger partial charge in [0.1, 0.15) is 12.1 Å². The summed E-state index contributed by atoms with van der Waals surface area (Å²) in [5.41, 5.74) is 0. The number of aliphatic carboxylic acids is 1. The summed E-state index contributed by atoms with van der Waals surface area (Å²) in [5.74, 6) is -1.01. The van der Waals surface area contributed by atoms with Crippen molar-refractivity contribution < 1.29 is 19.4 Å². The molecule has 2 atom stereocenters. The third-order valence-electron chi connectivity index (χ3n) is 3.78. The van der Waals surface area contributed by atoms with Crippen molar-refractivity contribution in [2.45, 2.75) is 57.1 Å². The molecule has 102 valence electrons. The van der Waals surface area contributed by atoms with Gasteiger partial charge in [-0.1, -0.05) is 12.8 Å². The van der Waals surface area contributed by atoms with Gasteiger partial charge < -0.3 is 14.7 Å². The molecule has 2 rings (SSSR count). The van der Waals surface area contributed by atoms with Crippen LogP contribution in [0.4, 0.5) is 0 Å². The molecular formula is C13H21NO4. The molecule has 0 aromatic carbocycles. The number of carboxylic acid groups (broad SMARTS) is 1. The number of nitrogens with zero attached hydrogens (tertiary/aromatic N) is 1. The van der Waals surface area contributed by atoms with Crippen LogP contribution in [-0.4, -0.2) is 47.2 Å². The standard InChI is InChI=1S/C13H21NO4/c15-12(11-7-3-5-9-18-11)14-8-4-1-2-6-10(14)13(16)17/h10-11H,1-9H2,(H,16,17). The Kier molecular flexibility index (Phi) is 4.58. The van der Waals surface area contributed by atoms with Gasteiger partial charge in [-0.2, -0.15) is 0 Å². The smallest absolute Gasteiger partial charge is 0.326 e. The first-order valence-corrected chi connectivity index (χ1v) is 6.85. The summed E-state index contributed by atoms with van der Waals surface area (Å²) in [5, 5.41) is 9.25. The van der Waals surface area contributed by atoms with Gasteiger partial charge in [0, 0.05) is 13.2 Å². The van der Waals surface area contributed by atoms with Crippen molar-refractivity contribution in [3.63, 3.8) is 0 Å². The summed E-state index contributed by atoms with van der Waals surface area (Å²) in [7, 11) is 0. The van der Waals surface area contributed by atoms with Gasteiger partial charge in [-0.3, -0.25) is 4.79 Å². The highest BCUT2D eigenvalue weighted by atomic mass is 16.5. The third-order valence-corrected chi connectivity index (χ3v) is 3.78. The van der Waals surface area contributed by atoms with Gasteiger partial charge >= 0.3 is 5.97 Å². The lowest BCUT2D eigenvalue weighted by Gasteiger charge is -2.32. The molecule has 0 aromatic rings. The first kappa shape index (κ1) is 13.3. The maximum Gasteiger partial charge on any atom is 0.326 e. The highest BCUT2D eigenvalue weighted by Gasteiger charge is 2.35. The highest BCUT2D eigenvalue weighted by molar-refractivity contribution is 5.86. The molecule has 0 bridgehead atoms. The van der Waals surface area contributed by atoms with E-state index in [0.717, 1.165) is 38.5 Å². The number of rotatable bonds is 2. The number of carboxylic acids is 1. The monoisotopic (exact) mass is 255 g/mol. The van der Waals surface area contributed by atoms with Crippen molar-refractivity contribution in [3.8, 4) is 0 Å². The minimum atomic E-state index is -0.888. The number of hydrogen-bond acceptors (Lipinski definition) is 3. The van der Waals surface area contributed by atoms with Crippen molar-refractivity contribution in [2.75, 3.05) is 13.2 Å². The normalized spacial score (nSPS) is 29.7. The molecule has 2 saturated heterocycles. The second-order valence-corrected chi connectivity index (χ2v) is 5.09. The summed E-state index contributed by atoms with van der Waals surface area (Å²) in [6.07, 6.45) is 5.62. The van der Waals surface area contributed by atoms with Gasteiger partial charge in [0.2, 0.25) is 0 Å². The minimum Gasteiger partial charge on any atom is -0.480 e. The molecule has 2 fully saturated rings. The van der Waals surface area contributed by atoms with Crippen LogP contribution in [0.2, 0.25) is 0 Å². The Bertz CT molecular complexity index is 312. The maximum absolute atomic E-state index is 12.4. The number of amides is 1. The maximum atomic E-state index is 12.4. The van der Waals surface area contributed by atoms with E-state index in [1.165, 1.54) is 4.90 Å². The van der Waals surface area contributed by atoms with Gasteiger partial charge in [-0.25, -0.2) is 4.79 Å². The van der Waals surface area contributed by atoms with E-state index in [2.05, 4.69) is 0 Å². The molecule has 2 heterocycles. The van der Waals surface area contributed by atoms with Crippen LogP contribution in [-0.2, 0) is 14.3 Å². The van der Waals surface area contributed by atoms with Crippen LogP contribution < -0.4 is 0 Å². The van der Waals surface area contributed by atoms with Crippen LogP contribution in [0.1, 0.15) is 44.9 Å². The quantitative estimate of drug-likeness (QED) is 0.810. The Labute approximate surface area is 107 Å². The second-order valence-electron chi connectivity index (χ2n) is 5.09. The van der Waals surface area contributed by atoms with Crippen LogP contribution in [0.15, 0.2) is 0 Å². The van der Waals surface area contributed by atoms with Gasteiger partial charge in [-0.05, 0) is 32.1 Å². The van der Waals surface area contributed by atoms with Crippen LogP contribution >= 0.6 is 0 Å². The third kappa shape index (κ3) is 3.02. The topological polar surface area (TPSA) is 66.8 Å². The molecule has 2 unspecified atom stereocenters. The Balaban J connectivity index is 2.06. The zero-order chi connectivity index (χ0) is 13.0. The molecule has 5 heteroatoms. The Hall–Kier alpha value is -1.10. The Morgan fingerprint density at radius 1 is 1.06 bits per heavy atom. The van der Waals surface area contributed by atoms with Crippen molar-refractivity contribution >= 4 is 11.9 Å². The number of ether oxygens (including phenoxy) is 1. The predicted octanol–water partition coefficient (Wildman–Crippen LogP) is 1.41. The van der Waals surface area contributed by atoms with Gasteiger partial charge in [0.25, 0.3) is 5.91 Å². The van der Waals surface area contributed by atoms with E-state index in [1.807, 2.05) is 0 Å². The summed E-state index contributed by atoms with van der Waals surface area (Å²) < 4.78 is 5.48. The molecule has 0 spiro atoms. The molecule has 0 saturated carbocycles. The average Bonchev–Trinajstić information content (AvgIpc) is 2.64. The van der Waals surface area contributed by atoms with Gasteiger partial charge in [-0.15, -0.1) is 0 Å². The molecule has 0 radical (unpaired) electrons. The first-order chi connectivity index (χ1) is 8.70. The lowest BCUT2D eigenvalue weighted by molar-refractivity contribution is -0.157. The molecule has 0 aliphatic carbocycles. The second kappa shape index (κ2) is 6.18. The number of hydrogen-bond donors (Lipinski definition) is 1. The molecule has 2 aliphatic rings. The van der Waals surface area contributed by atoms with Gasteiger partial charge in [0.15, 0.2) is 0 Å². The first-order valence-electron chi connectivity index (χ1n) is 6.85. The van der Waals surface area contributed by atoms with E-state index < -0.39 is 18.1 Å². The molecule has 5 nitrogen and oxygen atoms in total. The molecule has 1 N–H and O–H groups in total. The zero-order valence-corrected chi connectivity index (χ0v) is 10.6. The molecule has 2 aliphatic heterocycles. The van der Waals surface area contributed by atoms with Crippen molar-refractivity contribution in [1.82, 2.24) is 4.90 Å². The highest BCUT2D eigenvalue weighted by Crippen LogP contribution is 2.21. The SMILES string of the molecule is O=C(O)C1CCCCCN1C(=O)C1CCCCO1. The fraction of sp³-hybridized carbons (Fsp3) is 0.846. The van der Waals surface area contributed by atoms with E-state index >= 15 is 0 Å². The molecular weight excluding hydrogens is 234 g/mol. The van der Waals surface area contributed by atoms with E-state index in [9.17, 15) is 14.7 Å². The van der Waals surface area contributed by atoms with E-state index in [0.29, 0.717) is 19.6 Å². The lowest BCUT2D eigenvalue weighted by atomic mass is 10.1. The van der Waals surface area contributed by atoms with E-state index in [4.69, 9.17) is 4.74 Å². The summed E-state index contributed by atoms with van der Waals surface area (Å²) in [4.78, 5) is 25.2. The fourth-order valence-corrected chi connectivity index (χ4v) is 2.75. The minimum absolute atomic E-state index is 0.121. The van der Waals surface area contributed by atoms with E-state index in [1.54, 1.807) is 0 Å². The fourth-order valence-electron chi connectivity index (χ4n) is 2.75. The number of carbonyl (C=O) groups is 2. The van der Waals surface area contributed by atoms with Crippen molar-refractivity contribution in [3.05, 3.63) is 0 Å². The summed E-state index contributed by atoms with van der Waals surface area (Å²) >= 11 is 0.